The predicted molar refractivity (Wildman–Crippen MR) is 47.2 cm³/mol. The highest BCUT2D eigenvalue weighted by molar-refractivity contribution is 5.90. The van der Waals surface area contributed by atoms with Gasteiger partial charge >= 0.3 is 5.97 Å². The number of ether oxygens (including phenoxy) is 2. The molecule has 5 nitrogen and oxygen atoms in total. The van der Waals surface area contributed by atoms with E-state index in [1.807, 2.05) is 0 Å². The van der Waals surface area contributed by atoms with E-state index in [-0.39, 0.29) is 5.70 Å². The van der Waals surface area contributed by atoms with Crippen LogP contribution in [0.5, 0.6) is 0 Å². The van der Waals surface area contributed by atoms with Crippen molar-refractivity contribution in [3.63, 3.8) is 0 Å². The molecular weight excluding hydrogens is 172 g/mol. The number of rotatable bonds is 2. The number of nitrogens with zero attached hydrogens (tertiary/aromatic N) is 2. The predicted octanol–water partition coefficient (Wildman–Crippen LogP) is -0.0105. The number of carbonyl (C=O) groups excluding carboxylic acids is 1. The molecule has 1 atom stereocenters. The van der Waals surface area contributed by atoms with E-state index >= 15 is 0 Å². The number of esters is 1. The molecule has 0 aromatic carbocycles. The van der Waals surface area contributed by atoms with E-state index in [0.29, 0.717) is 0 Å². The first-order valence-corrected chi connectivity index (χ1v) is 3.57. The number of aliphatic imine (C=N–C) groups is 1. The summed E-state index contributed by atoms with van der Waals surface area (Å²) in [7, 11) is 0.301. The van der Waals surface area contributed by atoms with Crippen LogP contribution >= 0.6 is 0 Å². The minimum Gasteiger partial charge on any atom is -0.464 e. The van der Waals surface area contributed by atoms with Gasteiger partial charge in [-0.1, -0.05) is 0 Å². The van der Waals surface area contributed by atoms with Crippen LogP contribution in [0.25, 0.3) is 0 Å². The number of hydrogen-bond acceptors (Lipinski definition) is 5. The second kappa shape index (κ2) is 4.04. The van der Waals surface area contributed by atoms with Crippen LogP contribution in [0.15, 0.2) is 16.9 Å². The van der Waals surface area contributed by atoms with Crippen LogP contribution in [-0.2, 0) is 14.3 Å². The normalized spacial score (nSPS) is 25.7. The lowest BCUT2D eigenvalue weighted by Crippen LogP contribution is -2.33. The molecule has 0 N–H and O–H groups in total. The second-order valence-electron chi connectivity index (χ2n) is 2.46. The lowest BCUT2D eigenvalue weighted by atomic mass is 10.4. The van der Waals surface area contributed by atoms with Crippen LogP contribution in [0.4, 0.5) is 0 Å². The Morgan fingerprint density at radius 3 is 3.15 bits per heavy atom. The van der Waals surface area contributed by atoms with Gasteiger partial charge in [-0.15, -0.1) is 0 Å². The van der Waals surface area contributed by atoms with Crippen molar-refractivity contribution in [2.45, 2.75) is 6.23 Å². The highest BCUT2D eigenvalue weighted by Crippen LogP contribution is 2.09. The molecule has 0 spiro atoms. The Morgan fingerprint density at radius 1 is 1.85 bits per heavy atom. The lowest BCUT2D eigenvalue weighted by molar-refractivity contribution is -0.136. The summed E-state index contributed by atoms with van der Waals surface area (Å²) in [4.78, 5) is 16.3. The van der Waals surface area contributed by atoms with Crippen molar-refractivity contribution < 1.29 is 18.4 Å². The second-order valence-corrected chi connectivity index (χ2v) is 2.46. The molecule has 1 aliphatic rings. The third kappa shape index (κ3) is 2.06. The van der Waals surface area contributed by atoms with Gasteiger partial charge in [-0.2, -0.15) is 0 Å². The van der Waals surface area contributed by atoms with Gasteiger partial charge < -0.3 is 14.4 Å². The average molecular weight is 187 g/mol. The summed E-state index contributed by atoms with van der Waals surface area (Å²) >= 11 is 0. The van der Waals surface area contributed by atoms with Crippen molar-refractivity contribution in [2.75, 3.05) is 21.2 Å². The Hall–Kier alpha value is -1.36. The van der Waals surface area contributed by atoms with Gasteiger partial charge in [-0.05, 0) is 0 Å². The molecule has 0 aliphatic carbocycles. The summed E-state index contributed by atoms with van der Waals surface area (Å²) in [5.41, 5.74) is 0.0930. The van der Waals surface area contributed by atoms with Crippen LogP contribution in [-0.4, -0.2) is 44.5 Å². The number of carbonyl (C=O) groups is 1. The zero-order chi connectivity index (χ0) is 12.3. The summed E-state index contributed by atoms with van der Waals surface area (Å²) in [6.45, 7) is 0. The quantitative estimate of drug-likeness (QED) is 0.570. The van der Waals surface area contributed by atoms with Crippen LogP contribution < -0.4 is 0 Å². The Labute approximate surface area is 80.9 Å². The summed E-state index contributed by atoms with van der Waals surface area (Å²) in [6, 6.07) is 0. The van der Waals surface area contributed by atoms with Gasteiger partial charge in [-0.25, -0.2) is 9.79 Å². The molecule has 13 heavy (non-hydrogen) atoms. The molecule has 0 aromatic heterocycles. The van der Waals surface area contributed by atoms with Crippen molar-refractivity contribution in [3.05, 3.63) is 11.9 Å². The molecule has 1 aliphatic heterocycles. The summed E-state index contributed by atoms with van der Waals surface area (Å²) in [6.07, 6.45) is 1.78. The van der Waals surface area contributed by atoms with Crippen molar-refractivity contribution in [3.8, 4) is 0 Å². The molecule has 1 rings (SSSR count). The van der Waals surface area contributed by atoms with Gasteiger partial charge in [0.2, 0.25) is 0 Å². The highest BCUT2D eigenvalue weighted by atomic mass is 16.5. The first-order valence-electron chi connectivity index (χ1n) is 5.07. The van der Waals surface area contributed by atoms with Crippen molar-refractivity contribution in [1.29, 1.82) is 0 Å². The van der Waals surface area contributed by atoms with Crippen molar-refractivity contribution in [1.82, 2.24) is 4.90 Å². The maximum absolute atomic E-state index is 11.1. The first-order chi connectivity index (χ1) is 7.33. The molecule has 0 saturated heterocycles. The highest BCUT2D eigenvalue weighted by Gasteiger charge is 2.18. The van der Waals surface area contributed by atoms with E-state index in [1.54, 1.807) is 7.05 Å². The first kappa shape index (κ1) is 6.15. The molecule has 5 heteroatoms. The zero-order valence-electron chi connectivity index (χ0n) is 10.4. The maximum Gasteiger partial charge on any atom is 0.358 e. The summed E-state index contributed by atoms with van der Waals surface area (Å²) in [5.74, 6) is -0.588. The SMILES string of the molecule is [2H]C([2H])([2H])OC1C=NC(C(=O)OC)=CN1C. The molecule has 0 aromatic rings. The monoisotopic (exact) mass is 187 g/mol. The van der Waals surface area contributed by atoms with E-state index in [4.69, 9.17) is 8.85 Å². The molecule has 0 bridgehead atoms. The average Bonchev–Trinajstić information content (AvgIpc) is 2.18. The molecule has 0 saturated carbocycles. The van der Waals surface area contributed by atoms with Crippen molar-refractivity contribution in [2.24, 2.45) is 4.99 Å². The molecular formula is C8H12N2O3. The topological polar surface area (TPSA) is 51.1 Å². The fourth-order valence-electron chi connectivity index (χ4n) is 0.872. The van der Waals surface area contributed by atoms with Gasteiger partial charge in [0.1, 0.15) is 0 Å². The standard InChI is InChI=1S/C8H12N2O3/c1-10-5-6(8(11)13-3)9-4-7(10)12-2/h4-5,7H,1-3H3/i2D3. The van der Waals surface area contributed by atoms with Crippen LogP contribution in [0.1, 0.15) is 4.11 Å². The van der Waals surface area contributed by atoms with Gasteiger partial charge in [-0.3, -0.25) is 0 Å². The Morgan fingerprint density at radius 2 is 2.62 bits per heavy atom. The minimum absolute atomic E-state index is 0.0930. The summed E-state index contributed by atoms with van der Waals surface area (Å²) in [5, 5.41) is 0. The number of hydrogen-bond donors (Lipinski definition) is 0. The van der Waals surface area contributed by atoms with Crippen LogP contribution in [0, 0.1) is 0 Å². The van der Waals surface area contributed by atoms with E-state index < -0.39 is 19.2 Å². The third-order valence-corrected chi connectivity index (χ3v) is 1.58. The Balaban J connectivity index is 2.70. The van der Waals surface area contributed by atoms with Crippen LogP contribution in [0.2, 0.25) is 0 Å². The molecule has 72 valence electrons. The van der Waals surface area contributed by atoms with Crippen LogP contribution in [0.3, 0.4) is 0 Å². The van der Waals surface area contributed by atoms with Gasteiger partial charge in [0, 0.05) is 20.3 Å². The fourth-order valence-corrected chi connectivity index (χ4v) is 0.872. The smallest absolute Gasteiger partial charge is 0.358 e. The minimum atomic E-state index is -2.51. The van der Waals surface area contributed by atoms with Gasteiger partial charge in [0.05, 0.1) is 17.4 Å². The Kier molecular flexibility index (Phi) is 1.91. The maximum atomic E-state index is 11.1. The van der Waals surface area contributed by atoms with Gasteiger partial charge in [0.15, 0.2) is 11.9 Å². The summed E-state index contributed by atoms with van der Waals surface area (Å²) < 4.78 is 30.0. The van der Waals surface area contributed by atoms with E-state index in [0.717, 1.165) is 0 Å². The third-order valence-electron chi connectivity index (χ3n) is 1.58. The molecule has 1 heterocycles. The molecule has 1 unspecified atom stereocenters. The van der Waals surface area contributed by atoms with E-state index in [1.165, 1.54) is 24.4 Å². The lowest BCUT2D eigenvalue weighted by Gasteiger charge is -2.24. The van der Waals surface area contributed by atoms with E-state index in [9.17, 15) is 4.79 Å². The molecule has 0 amide bonds. The molecule has 0 fully saturated rings. The molecule has 0 radical (unpaired) electrons. The fraction of sp³-hybridized carbons (Fsp3) is 0.500. The largest absolute Gasteiger partial charge is 0.464 e. The zero-order valence-corrected chi connectivity index (χ0v) is 7.35. The van der Waals surface area contributed by atoms with Gasteiger partial charge in [0.25, 0.3) is 0 Å². The Bertz CT molecular complexity index is 338. The van der Waals surface area contributed by atoms with E-state index in [2.05, 4.69) is 9.73 Å². The number of methoxy groups -OCH3 is 2. The van der Waals surface area contributed by atoms with Crippen molar-refractivity contribution >= 4 is 12.2 Å².